The summed E-state index contributed by atoms with van der Waals surface area (Å²) in [5.41, 5.74) is 1.54. The number of hydrogen-bond acceptors (Lipinski definition) is 3. The van der Waals surface area contributed by atoms with E-state index in [9.17, 15) is 0 Å². The quantitative estimate of drug-likeness (QED) is 0.894. The van der Waals surface area contributed by atoms with Crippen molar-refractivity contribution >= 4 is 11.8 Å². The molecule has 0 amide bonds. The normalized spacial score (nSPS) is 36.2. The molecule has 2 nitrogen and oxygen atoms in total. The van der Waals surface area contributed by atoms with Crippen molar-refractivity contribution in [1.29, 1.82) is 0 Å². The Kier molecular flexibility index (Phi) is 3.99. The summed E-state index contributed by atoms with van der Waals surface area (Å²) in [4.78, 5) is 4.15. The van der Waals surface area contributed by atoms with Crippen LogP contribution in [0, 0.1) is 0 Å². The number of fused-ring (bicyclic) bond motifs is 3. The first-order valence-corrected chi connectivity index (χ1v) is 9.49. The molecule has 2 saturated heterocycles. The molecule has 3 heterocycles. The molecular weight excluding hydrogens is 276 g/mol. The van der Waals surface area contributed by atoms with Crippen molar-refractivity contribution in [3.63, 3.8) is 0 Å². The van der Waals surface area contributed by atoms with Crippen molar-refractivity contribution in [2.45, 2.75) is 67.6 Å². The fraction of sp³-hybridized carbons (Fsp3) is 0.667. The van der Waals surface area contributed by atoms with Crippen LogP contribution in [0.3, 0.4) is 0 Å². The van der Waals surface area contributed by atoms with Crippen molar-refractivity contribution in [3.05, 3.63) is 29.8 Å². The zero-order valence-electron chi connectivity index (χ0n) is 12.9. The van der Waals surface area contributed by atoms with Gasteiger partial charge >= 0.3 is 0 Å². The Labute approximate surface area is 132 Å². The largest absolute Gasteiger partial charge is 0.307 e. The summed E-state index contributed by atoms with van der Waals surface area (Å²) in [6.45, 7) is 0. The van der Waals surface area contributed by atoms with Gasteiger partial charge in [0.2, 0.25) is 0 Å². The lowest BCUT2D eigenvalue weighted by Crippen LogP contribution is -2.55. The van der Waals surface area contributed by atoms with Crippen LogP contribution in [0.1, 0.15) is 50.1 Å². The van der Waals surface area contributed by atoms with E-state index in [4.69, 9.17) is 0 Å². The standard InChI is InChI=1S/C18H26N2S/c1-20-14-5-4-6-15(20)12-13(11-14)19-17-9-10-21-18-8-3-2-7-16(17)18/h2-3,7-8,13-15,17,19H,4-6,9-12H2,1H3. The molecule has 1 aromatic carbocycles. The summed E-state index contributed by atoms with van der Waals surface area (Å²) in [5, 5.41) is 4.02. The molecule has 3 atom stereocenters. The van der Waals surface area contributed by atoms with Gasteiger partial charge in [-0.1, -0.05) is 24.6 Å². The summed E-state index contributed by atoms with van der Waals surface area (Å²) in [5.74, 6) is 1.26. The fourth-order valence-electron chi connectivity index (χ4n) is 4.55. The highest BCUT2D eigenvalue weighted by molar-refractivity contribution is 7.99. The van der Waals surface area contributed by atoms with Gasteiger partial charge in [-0.3, -0.25) is 0 Å². The monoisotopic (exact) mass is 302 g/mol. The van der Waals surface area contributed by atoms with Crippen molar-refractivity contribution in [1.82, 2.24) is 10.2 Å². The van der Waals surface area contributed by atoms with Crippen LogP contribution in [0.4, 0.5) is 0 Å². The van der Waals surface area contributed by atoms with E-state index in [1.807, 2.05) is 11.8 Å². The van der Waals surface area contributed by atoms with E-state index in [0.717, 1.165) is 18.1 Å². The topological polar surface area (TPSA) is 15.3 Å². The zero-order chi connectivity index (χ0) is 14.2. The Hall–Kier alpha value is -0.510. The van der Waals surface area contributed by atoms with Gasteiger partial charge in [-0.2, -0.15) is 0 Å². The van der Waals surface area contributed by atoms with Crippen LogP contribution in [0.5, 0.6) is 0 Å². The van der Waals surface area contributed by atoms with E-state index < -0.39 is 0 Å². The smallest absolute Gasteiger partial charge is 0.0341 e. The molecule has 2 bridgehead atoms. The maximum atomic E-state index is 4.02. The summed E-state index contributed by atoms with van der Waals surface area (Å²) in [6.07, 6.45) is 8.22. The van der Waals surface area contributed by atoms with Crippen LogP contribution in [-0.2, 0) is 0 Å². The number of nitrogens with one attached hydrogen (secondary N) is 1. The van der Waals surface area contributed by atoms with Gasteiger partial charge < -0.3 is 10.2 Å². The van der Waals surface area contributed by atoms with E-state index in [2.05, 4.69) is 41.5 Å². The first-order chi connectivity index (χ1) is 10.3. The highest BCUT2D eigenvalue weighted by atomic mass is 32.2. The number of hydrogen-bond donors (Lipinski definition) is 1. The van der Waals surface area contributed by atoms with Crippen LogP contribution >= 0.6 is 11.8 Å². The lowest BCUT2D eigenvalue weighted by atomic mass is 9.82. The Bertz CT molecular complexity index is 490. The summed E-state index contributed by atoms with van der Waals surface area (Å²) in [6, 6.07) is 11.9. The Morgan fingerprint density at radius 3 is 2.67 bits per heavy atom. The molecule has 0 spiro atoms. The minimum atomic E-state index is 0.580. The number of benzene rings is 1. The van der Waals surface area contributed by atoms with Crippen LogP contribution in [0.25, 0.3) is 0 Å². The molecule has 21 heavy (non-hydrogen) atoms. The Morgan fingerprint density at radius 1 is 1.10 bits per heavy atom. The minimum absolute atomic E-state index is 0.580. The summed E-state index contributed by atoms with van der Waals surface area (Å²) in [7, 11) is 2.34. The molecule has 4 rings (SSSR count). The lowest BCUT2D eigenvalue weighted by molar-refractivity contribution is 0.0455. The fourth-order valence-corrected chi connectivity index (χ4v) is 5.68. The number of rotatable bonds is 2. The van der Waals surface area contributed by atoms with Crippen LogP contribution in [0.2, 0.25) is 0 Å². The SMILES string of the molecule is CN1C2CCCC1CC(NC1CCSc3ccccc31)C2. The van der Waals surface area contributed by atoms with Crippen molar-refractivity contribution < 1.29 is 0 Å². The second-order valence-corrected chi connectivity index (χ2v) is 8.10. The molecular formula is C18H26N2S. The summed E-state index contributed by atoms with van der Waals surface area (Å²) < 4.78 is 0. The number of nitrogens with zero attached hydrogens (tertiary/aromatic N) is 1. The van der Waals surface area contributed by atoms with E-state index >= 15 is 0 Å². The van der Waals surface area contributed by atoms with E-state index in [1.54, 1.807) is 0 Å². The molecule has 3 aliphatic rings. The van der Waals surface area contributed by atoms with Gasteiger partial charge in [-0.15, -0.1) is 11.8 Å². The van der Waals surface area contributed by atoms with Gasteiger partial charge in [0.15, 0.2) is 0 Å². The molecule has 3 aliphatic heterocycles. The van der Waals surface area contributed by atoms with Gasteiger partial charge in [0.25, 0.3) is 0 Å². The van der Waals surface area contributed by atoms with E-state index in [-0.39, 0.29) is 0 Å². The Morgan fingerprint density at radius 2 is 1.86 bits per heavy atom. The average Bonchev–Trinajstić information content (AvgIpc) is 2.49. The molecule has 3 unspecified atom stereocenters. The van der Waals surface area contributed by atoms with Gasteiger partial charge in [0.05, 0.1) is 0 Å². The third-order valence-electron chi connectivity index (χ3n) is 5.74. The third-order valence-corrected chi connectivity index (χ3v) is 6.86. The molecule has 114 valence electrons. The van der Waals surface area contributed by atoms with E-state index in [1.165, 1.54) is 54.7 Å². The molecule has 1 N–H and O–H groups in total. The van der Waals surface area contributed by atoms with Gasteiger partial charge in [-0.25, -0.2) is 0 Å². The maximum absolute atomic E-state index is 4.02. The molecule has 0 saturated carbocycles. The first-order valence-electron chi connectivity index (χ1n) is 8.51. The number of thioether (sulfide) groups is 1. The average molecular weight is 302 g/mol. The Balaban J connectivity index is 1.48. The molecule has 0 aliphatic carbocycles. The first kappa shape index (κ1) is 14.1. The van der Waals surface area contributed by atoms with Crippen LogP contribution < -0.4 is 5.32 Å². The maximum Gasteiger partial charge on any atom is 0.0341 e. The molecule has 2 fully saturated rings. The van der Waals surface area contributed by atoms with E-state index in [0.29, 0.717) is 6.04 Å². The third kappa shape index (κ3) is 2.76. The second-order valence-electron chi connectivity index (χ2n) is 6.97. The van der Waals surface area contributed by atoms with Gasteiger partial charge in [-0.05, 0) is 56.5 Å². The second kappa shape index (κ2) is 5.94. The number of piperidine rings is 2. The van der Waals surface area contributed by atoms with Gasteiger partial charge in [0, 0.05) is 29.1 Å². The molecule has 0 radical (unpaired) electrons. The summed E-state index contributed by atoms with van der Waals surface area (Å²) >= 11 is 2.02. The van der Waals surface area contributed by atoms with Crippen molar-refractivity contribution in [3.8, 4) is 0 Å². The predicted octanol–water partition coefficient (Wildman–Crippen LogP) is 3.83. The van der Waals surface area contributed by atoms with Crippen LogP contribution in [-0.4, -0.2) is 35.8 Å². The van der Waals surface area contributed by atoms with Crippen molar-refractivity contribution in [2.24, 2.45) is 0 Å². The predicted molar refractivity (Wildman–Crippen MR) is 89.9 cm³/mol. The van der Waals surface area contributed by atoms with Gasteiger partial charge in [0.1, 0.15) is 0 Å². The van der Waals surface area contributed by atoms with Crippen LogP contribution in [0.15, 0.2) is 29.2 Å². The van der Waals surface area contributed by atoms with Crippen molar-refractivity contribution in [2.75, 3.05) is 12.8 Å². The zero-order valence-corrected chi connectivity index (χ0v) is 13.7. The molecule has 3 heteroatoms. The highest BCUT2D eigenvalue weighted by Crippen LogP contribution is 2.38. The molecule has 0 aromatic heterocycles. The minimum Gasteiger partial charge on any atom is -0.307 e. The molecule has 1 aromatic rings. The highest BCUT2D eigenvalue weighted by Gasteiger charge is 2.37. The lowest BCUT2D eigenvalue weighted by Gasteiger charge is -2.48.